The summed E-state index contributed by atoms with van der Waals surface area (Å²) in [6, 6.07) is 6.33. The van der Waals surface area contributed by atoms with Crippen LogP contribution in [-0.2, 0) is 0 Å². The largest absolute Gasteiger partial charge is 0.391 e. The van der Waals surface area contributed by atoms with E-state index in [4.69, 9.17) is 0 Å². The van der Waals surface area contributed by atoms with Gasteiger partial charge in [0.25, 0.3) is 0 Å². The van der Waals surface area contributed by atoms with Gasteiger partial charge in [0, 0.05) is 5.56 Å². The predicted molar refractivity (Wildman–Crippen MR) is 47.8 cm³/mol. The first kappa shape index (κ1) is 8.66. The van der Waals surface area contributed by atoms with Gasteiger partial charge in [0.05, 0.1) is 12.1 Å². The van der Waals surface area contributed by atoms with Gasteiger partial charge in [-0.25, -0.2) is 4.39 Å². The molecule has 0 aliphatic carbocycles. The molecule has 3 heteroatoms. The van der Waals surface area contributed by atoms with Gasteiger partial charge in [0.2, 0.25) is 0 Å². The van der Waals surface area contributed by atoms with Crippen LogP contribution in [-0.4, -0.2) is 17.8 Å². The van der Waals surface area contributed by atoms with E-state index in [-0.39, 0.29) is 11.9 Å². The van der Waals surface area contributed by atoms with E-state index in [1.54, 1.807) is 18.2 Å². The quantitative estimate of drug-likeness (QED) is 0.682. The van der Waals surface area contributed by atoms with E-state index < -0.39 is 6.10 Å². The van der Waals surface area contributed by atoms with Gasteiger partial charge in [-0.2, -0.15) is 0 Å². The summed E-state index contributed by atoms with van der Waals surface area (Å²) in [5.41, 5.74) is 0.563. The van der Waals surface area contributed by atoms with Crippen LogP contribution in [0.3, 0.4) is 0 Å². The average Bonchev–Trinajstić information content (AvgIpc) is 2.52. The lowest BCUT2D eigenvalue weighted by molar-refractivity contribution is 0.158. The van der Waals surface area contributed by atoms with E-state index >= 15 is 0 Å². The Balaban J connectivity index is 2.29. The average molecular weight is 181 g/mol. The van der Waals surface area contributed by atoms with E-state index in [0.717, 1.165) is 6.54 Å². The second-order valence-electron chi connectivity index (χ2n) is 3.31. The van der Waals surface area contributed by atoms with Crippen LogP contribution in [0.4, 0.5) is 4.39 Å². The molecular weight excluding hydrogens is 169 g/mol. The van der Waals surface area contributed by atoms with Crippen molar-refractivity contribution in [3.8, 4) is 0 Å². The Labute approximate surface area is 76.4 Å². The molecule has 0 bridgehead atoms. The maximum Gasteiger partial charge on any atom is 0.128 e. The van der Waals surface area contributed by atoms with Gasteiger partial charge in [-0.1, -0.05) is 18.2 Å². The van der Waals surface area contributed by atoms with Crippen LogP contribution in [0.15, 0.2) is 24.3 Å². The molecule has 0 amide bonds. The van der Waals surface area contributed by atoms with Crippen LogP contribution < -0.4 is 5.32 Å². The zero-order valence-electron chi connectivity index (χ0n) is 7.20. The topological polar surface area (TPSA) is 32.3 Å². The Kier molecular flexibility index (Phi) is 2.29. The molecule has 2 N–H and O–H groups in total. The standard InChI is InChI=1S/C10H12FNO/c11-8-4-2-1-3-7(8)10-9(13)5-6-12-10/h1-4,9-10,12-13H,5-6H2/t9-,10+/m0/s1. The number of rotatable bonds is 1. The fraction of sp³-hybridized carbons (Fsp3) is 0.400. The van der Waals surface area contributed by atoms with Crippen molar-refractivity contribution in [1.82, 2.24) is 5.32 Å². The van der Waals surface area contributed by atoms with Crippen molar-refractivity contribution < 1.29 is 9.50 Å². The van der Waals surface area contributed by atoms with E-state index in [2.05, 4.69) is 5.32 Å². The molecule has 2 rings (SSSR count). The highest BCUT2D eigenvalue weighted by Gasteiger charge is 2.27. The lowest BCUT2D eigenvalue weighted by atomic mass is 10.0. The van der Waals surface area contributed by atoms with Crippen LogP contribution in [0.5, 0.6) is 0 Å². The number of benzene rings is 1. The lowest BCUT2D eigenvalue weighted by Crippen LogP contribution is -2.21. The van der Waals surface area contributed by atoms with Gasteiger partial charge in [0.1, 0.15) is 5.82 Å². The van der Waals surface area contributed by atoms with Crippen LogP contribution in [0.25, 0.3) is 0 Å². The Morgan fingerprint density at radius 2 is 2.15 bits per heavy atom. The molecular formula is C10H12FNO. The van der Waals surface area contributed by atoms with Crippen molar-refractivity contribution in [2.45, 2.75) is 18.6 Å². The normalized spacial score (nSPS) is 27.8. The summed E-state index contributed by atoms with van der Waals surface area (Å²) in [5, 5.41) is 12.6. The maximum absolute atomic E-state index is 13.3. The fourth-order valence-corrected chi connectivity index (χ4v) is 1.73. The number of hydrogen-bond acceptors (Lipinski definition) is 2. The zero-order chi connectivity index (χ0) is 9.26. The highest BCUT2D eigenvalue weighted by Crippen LogP contribution is 2.25. The molecule has 0 unspecified atom stereocenters. The maximum atomic E-state index is 13.3. The van der Waals surface area contributed by atoms with E-state index in [1.165, 1.54) is 6.07 Å². The summed E-state index contributed by atoms with van der Waals surface area (Å²) in [5.74, 6) is -0.249. The minimum Gasteiger partial charge on any atom is -0.391 e. The molecule has 2 atom stereocenters. The molecule has 0 aromatic heterocycles. The highest BCUT2D eigenvalue weighted by molar-refractivity contribution is 5.23. The number of aliphatic hydroxyl groups excluding tert-OH is 1. The minimum atomic E-state index is -0.461. The second-order valence-corrected chi connectivity index (χ2v) is 3.31. The first-order valence-corrected chi connectivity index (χ1v) is 4.45. The lowest BCUT2D eigenvalue weighted by Gasteiger charge is -2.15. The third kappa shape index (κ3) is 1.57. The highest BCUT2D eigenvalue weighted by atomic mass is 19.1. The van der Waals surface area contributed by atoms with Crippen molar-refractivity contribution in [2.75, 3.05) is 6.54 Å². The predicted octanol–water partition coefficient (Wildman–Crippen LogP) is 1.22. The SMILES string of the molecule is O[C@H]1CCN[C@@H]1c1ccccc1F. The number of nitrogens with one attached hydrogen (secondary N) is 1. The van der Waals surface area contributed by atoms with Gasteiger partial charge < -0.3 is 10.4 Å². The Bertz CT molecular complexity index is 303. The second kappa shape index (κ2) is 3.44. The van der Waals surface area contributed by atoms with Crippen molar-refractivity contribution in [2.24, 2.45) is 0 Å². The third-order valence-electron chi connectivity index (χ3n) is 2.43. The molecule has 1 fully saturated rings. The van der Waals surface area contributed by atoms with Gasteiger partial charge in [-0.05, 0) is 19.0 Å². The van der Waals surface area contributed by atoms with Crippen LogP contribution in [0.1, 0.15) is 18.0 Å². The molecule has 0 spiro atoms. The smallest absolute Gasteiger partial charge is 0.128 e. The van der Waals surface area contributed by atoms with Crippen LogP contribution in [0.2, 0.25) is 0 Å². The summed E-state index contributed by atoms with van der Waals surface area (Å²) in [7, 11) is 0. The molecule has 1 saturated heterocycles. The van der Waals surface area contributed by atoms with Gasteiger partial charge in [0.15, 0.2) is 0 Å². The molecule has 70 valence electrons. The molecule has 1 aliphatic rings. The summed E-state index contributed by atoms with van der Waals surface area (Å²) in [4.78, 5) is 0. The Hall–Kier alpha value is -0.930. The summed E-state index contributed by atoms with van der Waals surface area (Å²) in [6.07, 6.45) is 0.232. The van der Waals surface area contributed by atoms with Gasteiger partial charge in [-0.15, -0.1) is 0 Å². The Morgan fingerprint density at radius 1 is 1.38 bits per heavy atom. The molecule has 1 heterocycles. The van der Waals surface area contributed by atoms with Gasteiger partial charge >= 0.3 is 0 Å². The summed E-state index contributed by atoms with van der Waals surface area (Å²) in [6.45, 7) is 0.750. The molecule has 1 aromatic carbocycles. The van der Waals surface area contributed by atoms with E-state index in [1.807, 2.05) is 0 Å². The van der Waals surface area contributed by atoms with Crippen LogP contribution in [0, 0.1) is 5.82 Å². The molecule has 0 saturated carbocycles. The first-order valence-electron chi connectivity index (χ1n) is 4.45. The molecule has 1 aliphatic heterocycles. The number of hydrogen-bond donors (Lipinski definition) is 2. The fourth-order valence-electron chi connectivity index (χ4n) is 1.73. The molecule has 0 radical (unpaired) electrons. The van der Waals surface area contributed by atoms with Gasteiger partial charge in [-0.3, -0.25) is 0 Å². The number of aliphatic hydroxyl groups is 1. The molecule has 13 heavy (non-hydrogen) atoms. The van der Waals surface area contributed by atoms with Crippen molar-refractivity contribution in [3.05, 3.63) is 35.6 Å². The summed E-state index contributed by atoms with van der Waals surface area (Å²) < 4.78 is 13.3. The van der Waals surface area contributed by atoms with Crippen LogP contribution >= 0.6 is 0 Å². The zero-order valence-corrected chi connectivity index (χ0v) is 7.20. The molecule has 2 nitrogen and oxygen atoms in total. The van der Waals surface area contributed by atoms with Crippen molar-refractivity contribution in [3.63, 3.8) is 0 Å². The van der Waals surface area contributed by atoms with E-state index in [9.17, 15) is 9.50 Å². The Morgan fingerprint density at radius 3 is 2.77 bits per heavy atom. The molecule has 1 aromatic rings. The van der Waals surface area contributed by atoms with Crippen molar-refractivity contribution in [1.29, 1.82) is 0 Å². The van der Waals surface area contributed by atoms with Crippen molar-refractivity contribution >= 4 is 0 Å². The van der Waals surface area contributed by atoms with E-state index in [0.29, 0.717) is 12.0 Å². The minimum absolute atomic E-state index is 0.235. The summed E-state index contributed by atoms with van der Waals surface area (Å²) >= 11 is 0. The number of halogens is 1. The first-order chi connectivity index (χ1) is 6.29. The monoisotopic (exact) mass is 181 g/mol. The third-order valence-corrected chi connectivity index (χ3v) is 2.43.